The van der Waals surface area contributed by atoms with Gasteiger partial charge in [-0.1, -0.05) is 31.5 Å². The molecule has 1 aromatic rings. The first-order chi connectivity index (χ1) is 7.17. The zero-order valence-electron chi connectivity index (χ0n) is 9.14. The van der Waals surface area contributed by atoms with Crippen LogP contribution in [0.5, 0.6) is 0 Å². The van der Waals surface area contributed by atoms with Crippen LogP contribution >= 0.6 is 11.6 Å². The number of rotatable bonds is 4. The van der Waals surface area contributed by atoms with Crippen LogP contribution in [0.15, 0.2) is 18.2 Å². The molecule has 2 nitrogen and oxygen atoms in total. The average Bonchev–Trinajstić information content (AvgIpc) is 2.18. The number of nitrogens with one attached hydrogen (secondary N) is 1. The Balaban J connectivity index is 2.82. The Morgan fingerprint density at radius 3 is 2.73 bits per heavy atom. The lowest BCUT2D eigenvalue weighted by Crippen LogP contribution is -2.12. The van der Waals surface area contributed by atoms with Gasteiger partial charge in [0.15, 0.2) is 0 Å². The van der Waals surface area contributed by atoms with Crippen LogP contribution in [0.1, 0.15) is 32.3 Å². The predicted octanol–water partition coefficient (Wildman–Crippen LogP) is 3.64. The molecule has 0 saturated carbocycles. The molecule has 0 bridgehead atoms. The topological polar surface area (TPSA) is 29.1 Å². The number of carbonyl (C=O) groups is 1. The highest BCUT2D eigenvalue weighted by molar-refractivity contribution is 6.31. The molecule has 82 valence electrons. The van der Waals surface area contributed by atoms with Gasteiger partial charge in [-0.15, -0.1) is 0 Å². The summed E-state index contributed by atoms with van der Waals surface area (Å²) in [5, 5.41) is 3.53. The third-order valence-electron chi connectivity index (χ3n) is 2.20. The van der Waals surface area contributed by atoms with Gasteiger partial charge < -0.3 is 5.32 Å². The Bertz CT molecular complexity index is 349. The second kappa shape index (κ2) is 5.76. The Morgan fingerprint density at radius 1 is 1.40 bits per heavy atom. The normalized spacial score (nSPS) is 10.1. The van der Waals surface area contributed by atoms with Crippen LogP contribution in [0.4, 0.5) is 5.69 Å². The fraction of sp³-hybridized carbons (Fsp3) is 0.417. The zero-order chi connectivity index (χ0) is 11.3. The molecule has 1 aromatic carbocycles. The summed E-state index contributed by atoms with van der Waals surface area (Å²) in [5.41, 5.74) is 1.95. The highest BCUT2D eigenvalue weighted by Crippen LogP contribution is 2.21. The van der Waals surface area contributed by atoms with E-state index in [4.69, 9.17) is 11.6 Å². The molecule has 0 atom stereocenters. The number of aryl methyl sites for hydroxylation is 1. The van der Waals surface area contributed by atoms with Gasteiger partial charge in [-0.05, 0) is 30.5 Å². The summed E-state index contributed by atoms with van der Waals surface area (Å²) >= 11 is 5.88. The molecule has 0 unspecified atom stereocenters. The van der Waals surface area contributed by atoms with Gasteiger partial charge >= 0.3 is 0 Å². The zero-order valence-corrected chi connectivity index (χ0v) is 9.90. The van der Waals surface area contributed by atoms with Gasteiger partial charge in [0.05, 0.1) is 0 Å². The first-order valence-electron chi connectivity index (χ1n) is 5.25. The van der Waals surface area contributed by atoms with Crippen molar-refractivity contribution in [2.75, 3.05) is 5.32 Å². The second-order valence-electron chi connectivity index (χ2n) is 3.45. The third kappa shape index (κ3) is 3.56. The minimum Gasteiger partial charge on any atom is -0.326 e. The van der Waals surface area contributed by atoms with Gasteiger partial charge in [0, 0.05) is 17.1 Å². The van der Waals surface area contributed by atoms with Crippen molar-refractivity contribution in [3.05, 3.63) is 28.8 Å². The molecule has 1 amide bonds. The average molecular weight is 226 g/mol. The largest absolute Gasteiger partial charge is 0.326 e. The Kier molecular flexibility index (Phi) is 4.63. The van der Waals surface area contributed by atoms with Gasteiger partial charge in [0.2, 0.25) is 5.91 Å². The van der Waals surface area contributed by atoms with Crippen molar-refractivity contribution in [3.63, 3.8) is 0 Å². The van der Waals surface area contributed by atoms with Crippen molar-refractivity contribution in [2.24, 2.45) is 0 Å². The van der Waals surface area contributed by atoms with Gasteiger partial charge in [-0.25, -0.2) is 0 Å². The van der Waals surface area contributed by atoms with E-state index in [0.717, 1.165) is 24.1 Å². The molecule has 0 aromatic heterocycles. The van der Waals surface area contributed by atoms with E-state index < -0.39 is 0 Å². The highest BCUT2D eigenvalue weighted by atomic mass is 35.5. The van der Waals surface area contributed by atoms with E-state index in [1.807, 2.05) is 19.1 Å². The number of anilines is 1. The molecule has 0 aliphatic carbocycles. The van der Waals surface area contributed by atoms with E-state index in [0.29, 0.717) is 11.4 Å². The Hall–Kier alpha value is -1.02. The SMILES string of the molecule is CCCC(=O)Nc1cc(Cl)ccc1CC. The monoisotopic (exact) mass is 225 g/mol. The van der Waals surface area contributed by atoms with Crippen molar-refractivity contribution >= 4 is 23.2 Å². The Morgan fingerprint density at radius 2 is 2.13 bits per heavy atom. The molecule has 15 heavy (non-hydrogen) atoms. The molecule has 0 spiro atoms. The maximum atomic E-state index is 11.4. The first kappa shape index (κ1) is 12.1. The van der Waals surface area contributed by atoms with Crippen LogP contribution in [-0.4, -0.2) is 5.91 Å². The van der Waals surface area contributed by atoms with Crippen LogP contribution in [0, 0.1) is 0 Å². The molecular weight excluding hydrogens is 210 g/mol. The van der Waals surface area contributed by atoms with Gasteiger partial charge in [0.25, 0.3) is 0 Å². The summed E-state index contributed by atoms with van der Waals surface area (Å²) in [7, 11) is 0. The van der Waals surface area contributed by atoms with Crippen molar-refractivity contribution in [2.45, 2.75) is 33.1 Å². The fourth-order valence-electron chi connectivity index (χ4n) is 1.41. The lowest BCUT2D eigenvalue weighted by Gasteiger charge is -2.09. The Labute approximate surface area is 95.6 Å². The second-order valence-corrected chi connectivity index (χ2v) is 3.89. The standard InChI is InChI=1S/C12H16ClNO/c1-3-5-12(15)14-11-8-10(13)7-6-9(11)4-2/h6-8H,3-5H2,1-2H3,(H,14,15). The molecule has 1 N–H and O–H groups in total. The van der Waals surface area contributed by atoms with E-state index in [-0.39, 0.29) is 5.91 Å². The lowest BCUT2D eigenvalue weighted by molar-refractivity contribution is -0.116. The number of benzene rings is 1. The third-order valence-corrected chi connectivity index (χ3v) is 2.44. The van der Waals surface area contributed by atoms with Crippen LogP contribution in [0.25, 0.3) is 0 Å². The maximum absolute atomic E-state index is 11.4. The molecule has 0 aliphatic rings. The minimum atomic E-state index is 0.0504. The van der Waals surface area contributed by atoms with Crippen molar-refractivity contribution in [1.82, 2.24) is 0 Å². The summed E-state index contributed by atoms with van der Waals surface area (Å²) in [6.07, 6.45) is 2.29. The van der Waals surface area contributed by atoms with Crippen LogP contribution in [-0.2, 0) is 11.2 Å². The number of amides is 1. The van der Waals surface area contributed by atoms with Gasteiger partial charge in [0.1, 0.15) is 0 Å². The van der Waals surface area contributed by atoms with E-state index in [1.54, 1.807) is 6.07 Å². The van der Waals surface area contributed by atoms with Gasteiger partial charge in [-0.3, -0.25) is 4.79 Å². The van der Waals surface area contributed by atoms with E-state index in [1.165, 1.54) is 0 Å². The highest BCUT2D eigenvalue weighted by Gasteiger charge is 2.05. The van der Waals surface area contributed by atoms with Gasteiger partial charge in [-0.2, -0.15) is 0 Å². The van der Waals surface area contributed by atoms with E-state index >= 15 is 0 Å². The summed E-state index contributed by atoms with van der Waals surface area (Å²) in [5.74, 6) is 0.0504. The van der Waals surface area contributed by atoms with Crippen molar-refractivity contribution < 1.29 is 4.79 Å². The summed E-state index contributed by atoms with van der Waals surface area (Å²) < 4.78 is 0. The van der Waals surface area contributed by atoms with Crippen molar-refractivity contribution in [3.8, 4) is 0 Å². The molecule has 0 radical (unpaired) electrons. The summed E-state index contributed by atoms with van der Waals surface area (Å²) in [4.78, 5) is 11.4. The smallest absolute Gasteiger partial charge is 0.224 e. The van der Waals surface area contributed by atoms with Crippen molar-refractivity contribution in [1.29, 1.82) is 0 Å². The molecule has 1 rings (SSSR count). The number of halogens is 1. The van der Waals surface area contributed by atoms with Crippen LogP contribution < -0.4 is 5.32 Å². The van der Waals surface area contributed by atoms with Crippen LogP contribution in [0.2, 0.25) is 5.02 Å². The molecule has 3 heteroatoms. The number of carbonyl (C=O) groups excluding carboxylic acids is 1. The quantitative estimate of drug-likeness (QED) is 0.833. The molecule has 0 fully saturated rings. The number of hydrogen-bond acceptors (Lipinski definition) is 1. The predicted molar refractivity (Wildman–Crippen MR) is 64.4 cm³/mol. The molecular formula is C12H16ClNO. The molecule has 0 heterocycles. The molecule has 0 saturated heterocycles. The molecule has 0 aliphatic heterocycles. The maximum Gasteiger partial charge on any atom is 0.224 e. The number of hydrogen-bond donors (Lipinski definition) is 1. The van der Waals surface area contributed by atoms with E-state index in [2.05, 4.69) is 12.2 Å². The summed E-state index contributed by atoms with van der Waals surface area (Å²) in [6, 6.07) is 5.59. The van der Waals surface area contributed by atoms with E-state index in [9.17, 15) is 4.79 Å². The fourth-order valence-corrected chi connectivity index (χ4v) is 1.59. The summed E-state index contributed by atoms with van der Waals surface area (Å²) in [6.45, 7) is 4.04. The first-order valence-corrected chi connectivity index (χ1v) is 5.63. The lowest BCUT2D eigenvalue weighted by atomic mass is 10.1. The van der Waals surface area contributed by atoms with Crippen LogP contribution in [0.3, 0.4) is 0 Å². The minimum absolute atomic E-state index is 0.0504.